The van der Waals surface area contributed by atoms with E-state index in [9.17, 15) is 4.79 Å². The number of hydrogen-bond acceptors (Lipinski definition) is 4. The van der Waals surface area contributed by atoms with E-state index < -0.39 is 0 Å². The van der Waals surface area contributed by atoms with E-state index in [1.807, 2.05) is 29.3 Å². The van der Waals surface area contributed by atoms with Crippen LogP contribution in [0.3, 0.4) is 0 Å². The highest BCUT2D eigenvalue weighted by Gasteiger charge is 2.31. The van der Waals surface area contributed by atoms with E-state index in [1.54, 1.807) is 0 Å². The van der Waals surface area contributed by atoms with Crippen LogP contribution >= 0.6 is 0 Å². The standard InChI is InChI=1S/C16H21N5O/c22-16(13-4-3-8-17-13)20-10-6-12(7-11-20)15-19-18-14-5-1-2-9-21(14)15/h1-2,5,9,12-13,17H,3-4,6-8,10-11H2. The van der Waals surface area contributed by atoms with Crippen molar-refractivity contribution in [2.75, 3.05) is 19.6 Å². The number of piperidine rings is 1. The minimum absolute atomic E-state index is 0.0467. The monoisotopic (exact) mass is 299 g/mol. The van der Waals surface area contributed by atoms with Crippen molar-refractivity contribution in [3.63, 3.8) is 0 Å². The maximum atomic E-state index is 12.4. The molecule has 4 rings (SSSR count). The molecule has 116 valence electrons. The Kier molecular flexibility index (Phi) is 3.54. The molecule has 4 heterocycles. The zero-order valence-electron chi connectivity index (χ0n) is 12.6. The lowest BCUT2D eigenvalue weighted by Crippen LogP contribution is -2.46. The van der Waals surface area contributed by atoms with Crippen LogP contribution in [0.15, 0.2) is 24.4 Å². The van der Waals surface area contributed by atoms with Crippen LogP contribution in [0.25, 0.3) is 5.65 Å². The predicted molar refractivity (Wildman–Crippen MR) is 82.6 cm³/mol. The van der Waals surface area contributed by atoms with Crippen LogP contribution in [0.4, 0.5) is 0 Å². The second-order valence-electron chi connectivity index (χ2n) is 6.24. The Bertz CT molecular complexity index is 668. The molecule has 1 amide bonds. The van der Waals surface area contributed by atoms with Gasteiger partial charge in [0.2, 0.25) is 5.91 Å². The summed E-state index contributed by atoms with van der Waals surface area (Å²) in [7, 11) is 0. The summed E-state index contributed by atoms with van der Waals surface area (Å²) in [6, 6.07) is 6.00. The molecule has 1 unspecified atom stereocenters. The van der Waals surface area contributed by atoms with Crippen LogP contribution in [0.5, 0.6) is 0 Å². The molecule has 0 aliphatic carbocycles. The molecule has 22 heavy (non-hydrogen) atoms. The summed E-state index contributed by atoms with van der Waals surface area (Å²) in [5, 5.41) is 11.9. The number of hydrogen-bond donors (Lipinski definition) is 1. The molecule has 2 saturated heterocycles. The molecule has 6 heteroatoms. The number of carbonyl (C=O) groups is 1. The van der Waals surface area contributed by atoms with Crippen molar-refractivity contribution in [3.8, 4) is 0 Å². The van der Waals surface area contributed by atoms with E-state index >= 15 is 0 Å². The Labute approximate surface area is 129 Å². The highest BCUT2D eigenvalue weighted by Crippen LogP contribution is 2.27. The molecule has 0 saturated carbocycles. The average molecular weight is 299 g/mol. The first-order valence-electron chi connectivity index (χ1n) is 8.15. The van der Waals surface area contributed by atoms with E-state index in [0.717, 1.165) is 56.8 Å². The van der Waals surface area contributed by atoms with Crippen molar-refractivity contribution < 1.29 is 4.79 Å². The lowest BCUT2D eigenvalue weighted by atomic mass is 9.95. The molecule has 1 N–H and O–H groups in total. The van der Waals surface area contributed by atoms with Crippen molar-refractivity contribution in [1.29, 1.82) is 0 Å². The molecule has 0 spiro atoms. The molecule has 0 aromatic carbocycles. The molecule has 2 aliphatic heterocycles. The van der Waals surface area contributed by atoms with Crippen molar-refractivity contribution in [2.24, 2.45) is 0 Å². The Hall–Kier alpha value is -1.95. The molecular weight excluding hydrogens is 278 g/mol. The maximum Gasteiger partial charge on any atom is 0.239 e. The van der Waals surface area contributed by atoms with E-state index in [1.165, 1.54) is 0 Å². The lowest BCUT2D eigenvalue weighted by molar-refractivity contribution is -0.134. The Morgan fingerprint density at radius 1 is 1.18 bits per heavy atom. The summed E-state index contributed by atoms with van der Waals surface area (Å²) in [6.45, 7) is 2.62. The minimum Gasteiger partial charge on any atom is -0.341 e. The van der Waals surface area contributed by atoms with Crippen LogP contribution in [0, 0.1) is 0 Å². The number of likely N-dealkylation sites (tertiary alicyclic amines) is 1. The minimum atomic E-state index is 0.0467. The van der Waals surface area contributed by atoms with Gasteiger partial charge in [-0.15, -0.1) is 10.2 Å². The number of rotatable bonds is 2. The molecule has 1 atom stereocenters. The molecule has 2 aromatic heterocycles. The highest BCUT2D eigenvalue weighted by atomic mass is 16.2. The number of carbonyl (C=O) groups excluding carboxylic acids is 1. The summed E-state index contributed by atoms with van der Waals surface area (Å²) in [4.78, 5) is 14.5. The first-order valence-corrected chi connectivity index (χ1v) is 8.15. The SMILES string of the molecule is O=C(C1CCCN1)N1CCC(c2nnc3ccccn23)CC1. The fraction of sp³-hybridized carbons (Fsp3) is 0.562. The normalized spacial score (nSPS) is 23.3. The van der Waals surface area contributed by atoms with E-state index in [0.29, 0.717) is 5.92 Å². The fourth-order valence-electron chi connectivity index (χ4n) is 3.61. The van der Waals surface area contributed by atoms with Crippen molar-refractivity contribution in [1.82, 2.24) is 24.8 Å². The zero-order chi connectivity index (χ0) is 14.9. The Morgan fingerprint density at radius 2 is 2.05 bits per heavy atom. The number of amides is 1. The lowest BCUT2D eigenvalue weighted by Gasteiger charge is -2.32. The second kappa shape index (κ2) is 5.68. The van der Waals surface area contributed by atoms with E-state index in [-0.39, 0.29) is 11.9 Å². The van der Waals surface area contributed by atoms with E-state index in [2.05, 4.69) is 19.9 Å². The highest BCUT2D eigenvalue weighted by molar-refractivity contribution is 5.82. The summed E-state index contributed by atoms with van der Waals surface area (Å²) < 4.78 is 2.07. The summed E-state index contributed by atoms with van der Waals surface area (Å²) in [5.74, 6) is 1.70. The van der Waals surface area contributed by atoms with Crippen LogP contribution in [0.1, 0.15) is 37.4 Å². The molecule has 0 bridgehead atoms. The van der Waals surface area contributed by atoms with Gasteiger partial charge in [-0.3, -0.25) is 9.20 Å². The van der Waals surface area contributed by atoms with Crippen molar-refractivity contribution in [2.45, 2.75) is 37.6 Å². The fourth-order valence-corrected chi connectivity index (χ4v) is 3.61. The summed E-state index contributed by atoms with van der Waals surface area (Å²) in [6.07, 6.45) is 6.04. The quantitative estimate of drug-likeness (QED) is 0.905. The number of nitrogens with zero attached hydrogens (tertiary/aromatic N) is 4. The Balaban J connectivity index is 1.44. The first kappa shape index (κ1) is 13.7. The molecule has 0 radical (unpaired) electrons. The van der Waals surface area contributed by atoms with Gasteiger partial charge in [-0.2, -0.15) is 0 Å². The van der Waals surface area contributed by atoms with Crippen LogP contribution in [-0.4, -0.2) is 51.1 Å². The van der Waals surface area contributed by atoms with Gasteiger partial charge in [0.1, 0.15) is 5.82 Å². The summed E-state index contributed by atoms with van der Waals surface area (Å²) >= 11 is 0. The van der Waals surface area contributed by atoms with Gasteiger partial charge in [0.05, 0.1) is 6.04 Å². The smallest absolute Gasteiger partial charge is 0.239 e. The van der Waals surface area contributed by atoms with Crippen molar-refractivity contribution >= 4 is 11.6 Å². The van der Waals surface area contributed by atoms with Gasteiger partial charge < -0.3 is 10.2 Å². The van der Waals surface area contributed by atoms with Gasteiger partial charge >= 0.3 is 0 Å². The largest absolute Gasteiger partial charge is 0.341 e. The maximum absolute atomic E-state index is 12.4. The third kappa shape index (κ3) is 2.37. The number of nitrogens with one attached hydrogen (secondary N) is 1. The molecule has 2 fully saturated rings. The molecule has 6 nitrogen and oxygen atoms in total. The van der Waals surface area contributed by atoms with Gasteiger partial charge in [-0.05, 0) is 44.4 Å². The molecular formula is C16H21N5O. The van der Waals surface area contributed by atoms with Crippen LogP contribution < -0.4 is 5.32 Å². The third-order valence-corrected chi connectivity index (χ3v) is 4.87. The van der Waals surface area contributed by atoms with Gasteiger partial charge in [0.25, 0.3) is 0 Å². The van der Waals surface area contributed by atoms with E-state index in [4.69, 9.17) is 0 Å². The van der Waals surface area contributed by atoms with Gasteiger partial charge in [0, 0.05) is 25.2 Å². The van der Waals surface area contributed by atoms with Crippen LogP contribution in [0.2, 0.25) is 0 Å². The summed E-state index contributed by atoms with van der Waals surface area (Å²) in [5.41, 5.74) is 0.895. The zero-order valence-corrected chi connectivity index (χ0v) is 12.6. The average Bonchev–Trinajstić information content (AvgIpc) is 3.24. The van der Waals surface area contributed by atoms with Crippen molar-refractivity contribution in [3.05, 3.63) is 30.2 Å². The topological polar surface area (TPSA) is 62.5 Å². The first-order chi connectivity index (χ1) is 10.8. The van der Waals surface area contributed by atoms with Gasteiger partial charge in [-0.25, -0.2) is 0 Å². The third-order valence-electron chi connectivity index (χ3n) is 4.87. The number of pyridine rings is 1. The number of fused-ring (bicyclic) bond motifs is 1. The predicted octanol–water partition coefficient (Wildman–Crippen LogP) is 1.19. The second-order valence-corrected chi connectivity index (χ2v) is 6.24. The van der Waals surface area contributed by atoms with Crippen LogP contribution in [-0.2, 0) is 4.79 Å². The van der Waals surface area contributed by atoms with Gasteiger partial charge in [0.15, 0.2) is 5.65 Å². The number of aromatic nitrogens is 3. The van der Waals surface area contributed by atoms with Gasteiger partial charge in [-0.1, -0.05) is 6.07 Å². The molecule has 2 aromatic rings. The molecule has 2 aliphatic rings. The Morgan fingerprint density at radius 3 is 2.82 bits per heavy atom.